The molecule has 0 radical (unpaired) electrons. The molecule has 5 nitrogen and oxygen atoms in total. The Hall–Kier alpha value is -2.95. The number of amides is 2. The molecule has 0 bridgehead atoms. The lowest BCUT2D eigenvalue weighted by atomic mass is 9.95. The molecule has 3 rings (SSSR count). The summed E-state index contributed by atoms with van der Waals surface area (Å²) in [6.45, 7) is 8.78. The Labute approximate surface area is 159 Å². The van der Waals surface area contributed by atoms with E-state index in [-0.39, 0.29) is 11.8 Å². The zero-order valence-corrected chi connectivity index (χ0v) is 15.8. The average Bonchev–Trinajstić information content (AvgIpc) is 3.50. The maximum Gasteiger partial charge on any atom is 0.269 e. The summed E-state index contributed by atoms with van der Waals surface area (Å²) in [5.41, 5.74) is 4.20. The summed E-state index contributed by atoms with van der Waals surface area (Å²) in [7, 11) is 0. The van der Waals surface area contributed by atoms with E-state index in [1.807, 2.05) is 38.1 Å². The van der Waals surface area contributed by atoms with Crippen LogP contribution in [-0.4, -0.2) is 29.9 Å². The maximum absolute atomic E-state index is 12.5. The minimum absolute atomic E-state index is 0.137. The van der Waals surface area contributed by atoms with Crippen molar-refractivity contribution in [3.8, 4) is 11.1 Å². The summed E-state index contributed by atoms with van der Waals surface area (Å²) >= 11 is 0. The van der Waals surface area contributed by atoms with Crippen molar-refractivity contribution in [3.63, 3.8) is 0 Å². The van der Waals surface area contributed by atoms with E-state index in [1.54, 1.807) is 12.1 Å². The summed E-state index contributed by atoms with van der Waals surface area (Å²) in [6.07, 6.45) is 4.09. The molecule has 0 spiro atoms. The van der Waals surface area contributed by atoms with Crippen molar-refractivity contribution < 1.29 is 9.59 Å². The monoisotopic (exact) mass is 363 g/mol. The molecule has 0 atom stereocenters. The highest BCUT2D eigenvalue weighted by Gasteiger charge is 2.22. The lowest BCUT2D eigenvalue weighted by molar-refractivity contribution is 0.0941. The molecule has 1 aromatic carbocycles. The molecule has 5 heteroatoms. The Bertz CT molecular complexity index is 885. The molecule has 2 N–H and O–H groups in total. The van der Waals surface area contributed by atoms with Gasteiger partial charge in [0.25, 0.3) is 11.8 Å². The molecule has 140 valence electrons. The summed E-state index contributed by atoms with van der Waals surface area (Å²) in [5.74, 6) is 0.335. The highest BCUT2D eigenvalue weighted by atomic mass is 16.2. The van der Waals surface area contributed by atoms with E-state index in [2.05, 4.69) is 22.2 Å². The van der Waals surface area contributed by atoms with Gasteiger partial charge in [-0.3, -0.25) is 9.59 Å². The van der Waals surface area contributed by atoms with Crippen LogP contribution in [0.2, 0.25) is 0 Å². The molecule has 1 heterocycles. The maximum atomic E-state index is 12.5. The number of hydrogen-bond donors (Lipinski definition) is 2. The van der Waals surface area contributed by atoms with Gasteiger partial charge in [-0.15, -0.1) is 0 Å². The predicted octanol–water partition coefficient (Wildman–Crippen LogP) is 3.59. The van der Waals surface area contributed by atoms with Crippen LogP contribution in [-0.2, 0) is 0 Å². The SMILES string of the molecule is C=Cc1ccc(-c2ccc(C(=O)NCC3CC3)nc2C)c(C(=O)NCC)c1. The minimum Gasteiger partial charge on any atom is -0.352 e. The van der Waals surface area contributed by atoms with Gasteiger partial charge in [0.1, 0.15) is 5.69 Å². The predicted molar refractivity (Wildman–Crippen MR) is 108 cm³/mol. The lowest BCUT2D eigenvalue weighted by Crippen LogP contribution is -2.26. The Balaban J connectivity index is 1.92. The largest absolute Gasteiger partial charge is 0.352 e. The number of carbonyl (C=O) groups excluding carboxylic acids is 2. The van der Waals surface area contributed by atoms with Crippen LogP contribution in [0.5, 0.6) is 0 Å². The van der Waals surface area contributed by atoms with E-state index in [0.717, 1.165) is 16.7 Å². The third-order valence-electron chi connectivity index (χ3n) is 4.72. The standard InChI is InChI=1S/C22H25N3O2/c1-4-15-8-9-18(19(12-15)21(26)23-5-2)17-10-11-20(25-14(17)3)22(27)24-13-16-6-7-16/h4,8-12,16H,1,5-7,13H2,2-3H3,(H,23,26)(H,24,27). The van der Waals surface area contributed by atoms with E-state index in [9.17, 15) is 9.59 Å². The van der Waals surface area contributed by atoms with E-state index in [0.29, 0.717) is 36.0 Å². The molecule has 2 aromatic rings. The van der Waals surface area contributed by atoms with Crippen LogP contribution < -0.4 is 10.6 Å². The number of aryl methyl sites for hydroxylation is 1. The molecule has 1 saturated carbocycles. The van der Waals surface area contributed by atoms with Crippen LogP contribution in [0.15, 0.2) is 36.9 Å². The van der Waals surface area contributed by atoms with Crippen molar-refractivity contribution in [1.29, 1.82) is 0 Å². The van der Waals surface area contributed by atoms with Gasteiger partial charge in [0, 0.05) is 29.9 Å². The van der Waals surface area contributed by atoms with E-state index in [4.69, 9.17) is 0 Å². The Kier molecular flexibility index (Phi) is 5.69. The molecule has 1 aliphatic rings. The molecular formula is C22H25N3O2. The average molecular weight is 363 g/mol. The molecule has 0 unspecified atom stereocenters. The van der Waals surface area contributed by atoms with Crippen molar-refractivity contribution in [2.75, 3.05) is 13.1 Å². The van der Waals surface area contributed by atoms with Crippen molar-refractivity contribution in [2.45, 2.75) is 26.7 Å². The fraction of sp³-hybridized carbons (Fsp3) is 0.318. The summed E-state index contributed by atoms with van der Waals surface area (Å²) < 4.78 is 0. The minimum atomic E-state index is -0.150. The number of nitrogens with zero attached hydrogens (tertiary/aromatic N) is 1. The highest BCUT2D eigenvalue weighted by molar-refractivity contribution is 6.02. The lowest BCUT2D eigenvalue weighted by Gasteiger charge is -2.13. The number of benzene rings is 1. The molecule has 2 amide bonds. The molecule has 0 aliphatic heterocycles. The van der Waals surface area contributed by atoms with Crippen molar-refractivity contribution >= 4 is 17.9 Å². The van der Waals surface area contributed by atoms with Gasteiger partial charge in [-0.1, -0.05) is 30.9 Å². The third-order valence-corrected chi connectivity index (χ3v) is 4.72. The number of carbonyl (C=O) groups is 2. The first-order valence-corrected chi connectivity index (χ1v) is 9.34. The Morgan fingerprint density at radius 2 is 1.89 bits per heavy atom. The van der Waals surface area contributed by atoms with Crippen LogP contribution in [0.25, 0.3) is 17.2 Å². The Morgan fingerprint density at radius 3 is 2.52 bits per heavy atom. The number of rotatable bonds is 7. The number of aromatic nitrogens is 1. The van der Waals surface area contributed by atoms with Crippen LogP contribution in [0.1, 0.15) is 51.9 Å². The smallest absolute Gasteiger partial charge is 0.269 e. The first kappa shape index (κ1) is 18.8. The van der Waals surface area contributed by atoms with Gasteiger partial charge in [0.2, 0.25) is 0 Å². The summed E-state index contributed by atoms with van der Waals surface area (Å²) in [4.78, 5) is 29.3. The second kappa shape index (κ2) is 8.16. The molecule has 1 aliphatic carbocycles. The molecule has 27 heavy (non-hydrogen) atoms. The van der Waals surface area contributed by atoms with E-state index >= 15 is 0 Å². The van der Waals surface area contributed by atoms with Gasteiger partial charge in [-0.25, -0.2) is 4.98 Å². The number of pyridine rings is 1. The van der Waals surface area contributed by atoms with Crippen LogP contribution in [0.3, 0.4) is 0 Å². The third kappa shape index (κ3) is 4.42. The first-order chi connectivity index (χ1) is 13.0. The first-order valence-electron chi connectivity index (χ1n) is 9.34. The highest BCUT2D eigenvalue weighted by Crippen LogP contribution is 2.29. The number of nitrogens with one attached hydrogen (secondary N) is 2. The van der Waals surface area contributed by atoms with E-state index < -0.39 is 0 Å². The normalized spacial score (nSPS) is 13.1. The van der Waals surface area contributed by atoms with Crippen LogP contribution in [0.4, 0.5) is 0 Å². The van der Waals surface area contributed by atoms with Crippen molar-refractivity contribution in [1.82, 2.24) is 15.6 Å². The fourth-order valence-electron chi connectivity index (χ4n) is 2.99. The van der Waals surface area contributed by atoms with Gasteiger partial charge in [-0.2, -0.15) is 0 Å². The van der Waals surface area contributed by atoms with Crippen molar-refractivity contribution in [3.05, 3.63) is 59.4 Å². The van der Waals surface area contributed by atoms with Gasteiger partial charge in [0.05, 0.1) is 0 Å². The Morgan fingerprint density at radius 1 is 1.15 bits per heavy atom. The van der Waals surface area contributed by atoms with Crippen molar-refractivity contribution in [2.24, 2.45) is 5.92 Å². The van der Waals surface area contributed by atoms with Crippen LogP contribution >= 0.6 is 0 Å². The van der Waals surface area contributed by atoms with Crippen LogP contribution in [0, 0.1) is 12.8 Å². The van der Waals surface area contributed by atoms with E-state index in [1.165, 1.54) is 12.8 Å². The topological polar surface area (TPSA) is 71.1 Å². The summed E-state index contributed by atoms with van der Waals surface area (Å²) in [6, 6.07) is 9.22. The second-order valence-electron chi connectivity index (χ2n) is 6.85. The van der Waals surface area contributed by atoms with Gasteiger partial charge in [0.15, 0.2) is 0 Å². The van der Waals surface area contributed by atoms with Gasteiger partial charge >= 0.3 is 0 Å². The van der Waals surface area contributed by atoms with Gasteiger partial charge < -0.3 is 10.6 Å². The van der Waals surface area contributed by atoms with Gasteiger partial charge in [-0.05, 0) is 55.9 Å². The zero-order chi connectivity index (χ0) is 19.4. The molecule has 1 aromatic heterocycles. The molecule has 0 saturated heterocycles. The molecular weight excluding hydrogens is 338 g/mol. The molecule has 1 fully saturated rings. The summed E-state index contributed by atoms with van der Waals surface area (Å²) in [5, 5.41) is 5.78. The second-order valence-corrected chi connectivity index (χ2v) is 6.85. The quantitative estimate of drug-likeness (QED) is 0.790. The zero-order valence-electron chi connectivity index (χ0n) is 15.8. The number of hydrogen-bond acceptors (Lipinski definition) is 3. The fourth-order valence-corrected chi connectivity index (χ4v) is 2.99.